The van der Waals surface area contributed by atoms with Crippen LogP contribution in [0.2, 0.25) is 0 Å². The Morgan fingerprint density at radius 1 is 1.00 bits per heavy atom. The van der Waals surface area contributed by atoms with Gasteiger partial charge in [-0.05, 0) is 37.6 Å². The van der Waals surface area contributed by atoms with Gasteiger partial charge in [-0.3, -0.25) is 4.99 Å². The summed E-state index contributed by atoms with van der Waals surface area (Å²) in [6.45, 7) is 4.26. The van der Waals surface area contributed by atoms with Crippen molar-refractivity contribution in [3.8, 4) is 17.2 Å². The topological polar surface area (TPSA) is 81.9 Å². The van der Waals surface area contributed by atoms with Gasteiger partial charge in [0, 0.05) is 32.2 Å². The van der Waals surface area contributed by atoms with E-state index in [0.717, 1.165) is 42.4 Å². The van der Waals surface area contributed by atoms with Gasteiger partial charge in [-0.15, -0.1) is 0 Å². The lowest BCUT2D eigenvalue weighted by molar-refractivity contribution is 0.322. The maximum absolute atomic E-state index is 5.55. The van der Waals surface area contributed by atoms with Crippen LogP contribution < -0.4 is 24.8 Å². The number of imidazole rings is 1. The number of hydrogen-bond donors (Lipinski definition) is 2. The van der Waals surface area contributed by atoms with Gasteiger partial charge in [0.2, 0.25) is 5.75 Å². The SMILES string of the molecule is CN=C(NCCCn1c(C)nc2ccccc21)NCc1ccc(OC)c(OC)c1OC. The highest BCUT2D eigenvalue weighted by Gasteiger charge is 2.16. The predicted octanol–water partition coefficient (Wildman–Crippen LogP) is 3.13. The number of aromatic nitrogens is 2. The van der Waals surface area contributed by atoms with Crippen molar-refractivity contribution in [2.75, 3.05) is 34.9 Å². The molecule has 0 aliphatic heterocycles. The normalized spacial score (nSPS) is 11.5. The summed E-state index contributed by atoms with van der Waals surface area (Å²) in [5, 5.41) is 6.69. The molecule has 0 atom stereocenters. The molecule has 3 aromatic rings. The van der Waals surface area contributed by atoms with Crippen LogP contribution in [0.3, 0.4) is 0 Å². The molecule has 1 aromatic heterocycles. The fourth-order valence-electron chi connectivity index (χ4n) is 3.62. The number of guanidine groups is 1. The summed E-state index contributed by atoms with van der Waals surface area (Å²) in [6.07, 6.45) is 0.946. The number of methoxy groups -OCH3 is 3. The summed E-state index contributed by atoms with van der Waals surface area (Å²) in [4.78, 5) is 8.94. The van der Waals surface area contributed by atoms with E-state index in [9.17, 15) is 0 Å². The molecule has 1 heterocycles. The summed E-state index contributed by atoms with van der Waals surface area (Å²) >= 11 is 0. The first-order valence-electron chi connectivity index (χ1n) is 10.3. The summed E-state index contributed by atoms with van der Waals surface area (Å²) in [6, 6.07) is 12.0. The summed E-state index contributed by atoms with van der Waals surface area (Å²) in [7, 11) is 6.59. The number of fused-ring (bicyclic) bond motifs is 1. The maximum atomic E-state index is 5.55. The second kappa shape index (κ2) is 10.6. The molecule has 0 fully saturated rings. The molecule has 0 amide bonds. The van der Waals surface area contributed by atoms with Gasteiger partial charge in [-0.2, -0.15) is 0 Å². The van der Waals surface area contributed by atoms with Crippen molar-refractivity contribution in [3.63, 3.8) is 0 Å². The fraction of sp³-hybridized carbons (Fsp3) is 0.391. The molecule has 0 saturated heterocycles. The molecular weight excluding hydrogens is 394 g/mol. The lowest BCUT2D eigenvalue weighted by Crippen LogP contribution is -2.37. The number of nitrogens with zero attached hydrogens (tertiary/aromatic N) is 3. The highest BCUT2D eigenvalue weighted by molar-refractivity contribution is 5.79. The summed E-state index contributed by atoms with van der Waals surface area (Å²) in [5.74, 6) is 3.61. The van der Waals surface area contributed by atoms with Crippen LogP contribution in [-0.2, 0) is 13.1 Å². The lowest BCUT2D eigenvalue weighted by Gasteiger charge is -2.17. The lowest BCUT2D eigenvalue weighted by atomic mass is 10.1. The highest BCUT2D eigenvalue weighted by atomic mass is 16.5. The van der Waals surface area contributed by atoms with E-state index in [4.69, 9.17) is 14.2 Å². The number of nitrogens with one attached hydrogen (secondary N) is 2. The third-order valence-corrected chi connectivity index (χ3v) is 5.15. The standard InChI is InChI=1S/C23H31N5O3/c1-16-27-18-9-6-7-10-19(18)28(16)14-8-13-25-23(24-2)26-15-17-11-12-20(29-3)22(31-5)21(17)30-4/h6-7,9-12H,8,13-15H2,1-5H3,(H2,24,25,26). The molecule has 0 saturated carbocycles. The molecule has 0 radical (unpaired) electrons. The molecule has 3 rings (SSSR count). The van der Waals surface area contributed by atoms with Gasteiger partial charge in [-0.25, -0.2) is 4.98 Å². The Labute approximate surface area is 183 Å². The second-order valence-corrected chi connectivity index (χ2v) is 7.00. The monoisotopic (exact) mass is 425 g/mol. The van der Waals surface area contributed by atoms with Crippen LogP contribution in [0.15, 0.2) is 41.4 Å². The number of para-hydroxylation sites is 2. The van der Waals surface area contributed by atoms with Crippen molar-refractivity contribution < 1.29 is 14.2 Å². The third kappa shape index (κ3) is 5.02. The molecule has 0 bridgehead atoms. The Morgan fingerprint density at radius 2 is 1.77 bits per heavy atom. The predicted molar refractivity (Wildman–Crippen MR) is 123 cm³/mol. The molecule has 8 heteroatoms. The second-order valence-electron chi connectivity index (χ2n) is 7.00. The van der Waals surface area contributed by atoms with Crippen LogP contribution in [0.25, 0.3) is 11.0 Å². The van der Waals surface area contributed by atoms with E-state index in [0.29, 0.717) is 23.8 Å². The highest BCUT2D eigenvalue weighted by Crippen LogP contribution is 2.39. The Morgan fingerprint density at radius 3 is 2.48 bits per heavy atom. The molecule has 8 nitrogen and oxygen atoms in total. The van der Waals surface area contributed by atoms with E-state index in [2.05, 4.69) is 31.2 Å². The molecule has 0 spiro atoms. The zero-order valence-corrected chi connectivity index (χ0v) is 18.9. The van der Waals surface area contributed by atoms with Crippen LogP contribution in [-0.4, -0.2) is 50.4 Å². The van der Waals surface area contributed by atoms with Crippen molar-refractivity contribution in [1.29, 1.82) is 0 Å². The minimum Gasteiger partial charge on any atom is -0.493 e. The van der Waals surface area contributed by atoms with Gasteiger partial charge in [0.05, 0.1) is 32.4 Å². The minimum absolute atomic E-state index is 0.536. The van der Waals surface area contributed by atoms with Gasteiger partial charge < -0.3 is 29.4 Å². The first-order valence-corrected chi connectivity index (χ1v) is 10.3. The first-order chi connectivity index (χ1) is 15.1. The molecule has 31 heavy (non-hydrogen) atoms. The molecular formula is C23H31N5O3. The average molecular weight is 426 g/mol. The van der Waals surface area contributed by atoms with Crippen molar-refractivity contribution in [2.45, 2.75) is 26.4 Å². The quantitative estimate of drug-likeness (QED) is 0.311. The maximum Gasteiger partial charge on any atom is 0.203 e. The summed E-state index contributed by atoms with van der Waals surface area (Å²) < 4.78 is 18.6. The average Bonchev–Trinajstić information content (AvgIpc) is 3.12. The van der Waals surface area contributed by atoms with E-state index in [-0.39, 0.29) is 0 Å². The minimum atomic E-state index is 0.536. The number of aryl methyl sites for hydroxylation is 2. The Bertz CT molecular complexity index is 1050. The van der Waals surface area contributed by atoms with Crippen molar-refractivity contribution in [1.82, 2.24) is 20.2 Å². The van der Waals surface area contributed by atoms with Crippen LogP contribution in [0.1, 0.15) is 17.8 Å². The molecule has 0 aliphatic rings. The molecule has 166 valence electrons. The Hall–Kier alpha value is -3.42. The molecule has 2 N–H and O–H groups in total. The van der Waals surface area contributed by atoms with Crippen LogP contribution in [0, 0.1) is 6.92 Å². The van der Waals surface area contributed by atoms with Gasteiger partial charge in [0.1, 0.15) is 5.82 Å². The van der Waals surface area contributed by atoms with Crippen LogP contribution in [0.5, 0.6) is 17.2 Å². The van der Waals surface area contributed by atoms with Gasteiger partial charge in [0.15, 0.2) is 17.5 Å². The molecule has 0 aliphatic carbocycles. The van der Waals surface area contributed by atoms with Gasteiger partial charge >= 0.3 is 0 Å². The van der Waals surface area contributed by atoms with E-state index in [1.807, 2.05) is 37.3 Å². The van der Waals surface area contributed by atoms with E-state index in [1.165, 1.54) is 5.52 Å². The Balaban J connectivity index is 1.55. The first kappa shape index (κ1) is 22.3. The van der Waals surface area contributed by atoms with E-state index >= 15 is 0 Å². The molecule has 2 aromatic carbocycles. The van der Waals surface area contributed by atoms with Crippen molar-refractivity contribution in [2.24, 2.45) is 4.99 Å². The van der Waals surface area contributed by atoms with Crippen molar-refractivity contribution in [3.05, 3.63) is 47.8 Å². The van der Waals surface area contributed by atoms with Gasteiger partial charge in [-0.1, -0.05) is 12.1 Å². The number of aliphatic imine (C=N–C) groups is 1. The smallest absolute Gasteiger partial charge is 0.203 e. The zero-order valence-electron chi connectivity index (χ0n) is 18.9. The van der Waals surface area contributed by atoms with Crippen LogP contribution in [0.4, 0.5) is 0 Å². The third-order valence-electron chi connectivity index (χ3n) is 5.15. The Kier molecular flexibility index (Phi) is 7.59. The van der Waals surface area contributed by atoms with Gasteiger partial charge in [0.25, 0.3) is 0 Å². The van der Waals surface area contributed by atoms with Crippen LogP contribution >= 0.6 is 0 Å². The number of benzene rings is 2. The fourth-order valence-corrected chi connectivity index (χ4v) is 3.62. The largest absolute Gasteiger partial charge is 0.493 e. The van der Waals surface area contributed by atoms with E-state index < -0.39 is 0 Å². The molecule has 0 unspecified atom stereocenters. The zero-order chi connectivity index (χ0) is 22.2. The number of hydrogen-bond acceptors (Lipinski definition) is 5. The van der Waals surface area contributed by atoms with E-state index in [1.54, 1.807) is 28.4 Å². The summed E-state index contributed by atoms with van der Waals surface area (Å²) in [5.41, 5.74) is 3.15. The number of ether oxygens (including phenoxy) is 3. The number of rotatable bonds is 9. The van der Waals surface area contributed by atoms with Crippen molar-refractivity contribution >= 4 is 17.0 Å².